The van der Waals surface area contributed by atoms with Crippen LogP contribution in [0.1, 0.15) is 19.8 Å². The van der Waals surface area contributed by atoms with Gasteiger partial charge in [-0.25, -0.2) is 15.0 Å². The number of alkyl halides is 1. The third kappa shape index (κ3) is 4.58. The van der Waals surface area contributed by atoms with Crippen molar-refractivity contribution in [2.45, 2.75) is 41.2 Å². The predicted molar refractivity (Wildman–Crippen MR) is 108 cm³/mol. The quantitative estimate of drug-likeness (QED) is 0.496. The van der Waals surface area contributed by atoms with Gasteiger partial charge in [0.15, 0.2) is 22.1 Å². The van der Waals surface area contributed by atoms with Crippen LogP contribution in [0.3, 0.4) is 0 Å². The van der Waals surface area contributed by atoms with E-state index in [1.54, 1.807) is 6.07 Å². The van der Waals surface area contributed by atoms with E-state index >= 15 is 0 Å². The fourth-order valence-electron chi connectivity index (χ4n) is 2.44. The average Bonchev–Trinajstić information content (AvgIpc) is 2.85. The Morgan fingerprint density at radius 2 is 1.96 bits per heavy atom. The van der Waals surface area contributed by atoms with E-state index in [0.29, 0.717) is 26.2 Å². The smallest absolute Gasteiger partial charge is 0.175 e. The molecule has 3 rings (SSSR count). The molecule has 9 heteroatoms. The summed E-state index contributed by atoms with van der Waals surface area (Å²) in [6.07, 6.45) is 3.51. The van der Waals surface area contributed by atoms with Gasteiger partial charge in [-0.15, -0.1) is 0 Å². The Balaban J connectivity index is 1.98. The third-order valence-corrected chi connectivity index (χ3v) is 5.41. The minimum Gasteiger partial charge on any atom is -0.382 e. The molecule has 0 saturated heterocycles. The first-order valence-electron chi connectivity index (χ1n) is 7.69. The number of imidazole rings is 1. The van der Waals surface area contributed by atoms with Gasteiger partial charge in [0.05, 0.1) is 0 Å². The minimum atomic E-state index is 0.378. The molecule has 0 amide bonds. The Bertz CT molecular complexity index is 879. The van der Waals surface area contributed by atoms with Crippen LogP contribution in [0, 0.1) is 0 Å². The second-order valence-corrected chi connectivity index (χ2v) is 9.08. The number of benzene rings is 1. The van der Waals surface area contributed by atoms with E-state index < -0.39 is 0 Å². The molecule has 132 valence electrons. The molecule has 5 nitrogen and oxygen atoms in total. The van der Waals surface area contributed by atoms with E-state index in [4.69, 9.17) is 28.9 Å². The second kappa shape index (κ2) is 8.12. The van der Waals surface area contributed by atoms with Crippen molar-refractivity contribution in [3.63, 3.8) is 0 Å². The standard InChI is InChI=1S/C16H16BrCl2N5S/c1-9(17)3-2-4-24-15-13(14(20)21-8-22-15)23-16(24)25-12-6-10(18)5-11(19)7-12/h5-9H,2-4H2,1H3,(H2,20,21,22). The second-order valence-electron chi connectivity index (χ2n) is 5.61. The van der Waals surface area contributed by atoms with Gasteiger partial charge < -0.3 is 10.3 Å². The SMILES string of the molecule is CC(Br)CCCn1c(Sc2cc(Cl)cc(Cl)c2)nc2c(N)ncnc21. The summed E-state index contributed by atoms with van der Waals surface area (Å²) in [5.41, 5.74) is 7.33. The Labute approximate surface area is 168 Å². The van der Waals surface area contributed by atoms with Gasteiger partial charge in [0.2, 0.25) is 0 Å². The molecule has 0 aliphatic heterocycles. The molecule has 0 bridgehead atoms. The first kappa shape index (κ1) is 18.8. The van der Waals surface area contributed by atoms with Crippen molar-refractivity contribution in [3.8, 4) is 0 Å². The zero-order chi connectivity index (χ0) is 18.0. The molecule has 0 spiro atoms. The van der Waals surface area contributed by atoms with E-state index in [1.165, 1.54) is 18.1 Å². The number of halogens is 3. The van der Waals surface area contributed by atoms with Crippen molar-refractivity contribution in [3.05, 3.63) is 34.6 Å². The van der Waals surface area contributed by atoms with E-state index in [-0.39, 0.29) is 0 Å². The van der Waals surface area contributed by atoms with Crippen LogP contribution in [-0.4, -0.2) is 24.3 Å². The molecule has 0 aliphatic carbocycles. The average molecular weight is 461 g/mol. The highest BCUT2D eigenvalue weighted by Crippen LogP contribution is 2.34. The Kier molecular flexibility index (Phi) is 6.09. The summed E-state index contributed by atoms with van der Waals surface area (Å²) in [5, 5.41) is 1.97. The maximum Gasteiger partial charge on any atom is 0.175 e. The lowest BCUT2D eigenvalue weighted by molar-refractivity contribution is 0.582. The van der Waals surface area contributed by atoms with Crippen molar-refractivity contribution in [1.29, 1.82) is 0 Å². The van der Waals surface area contributed by atoms with Crippen LogP contribution in [0.2, 0.25) is 10.0 Å². The lowest BCUT2D eigenvalue weighted by Gasteiger charge is -2.09. The lowest BCUT2D eigenvalue weighted by Crippen LogP contribution is -2.03. The highest BCUT2D eigenvalue weighted by atomic mass is 79.9. The van der Waals surface area contributed by atoms with Gasteiger partial charge in [-0.05, 0) is 31.0 Å². The minimum absolute atomic E-state index is 0.378. The Morgan fingerprint density at radius 1 is 1.24 bits per heavy atom. The molecule has 0 aliphatic rings. The van der Waals surface area contributed by atoms with Gasteiger partial charge in [-0.1, -0.05) is 57.8 Å². The van der Waals surface area contributed by atoms with Crippen molar-refractivity contribution in [1.82, 2.24) is 19.5 Å². The summed E-state index contributed by atoms with van der Waals surface area (Å²) < 4.78 is 2.07. The summed E-state index contributed by atoms with van der Waals surface area (Å²) >= 11 is 17.3. The summed E-state index contributed by atoms with van der Waals surface area (Å²) in [6, 6.07) is 5.42. The number of hydrogen-bond donors (Lipinski definition) is 1. The molecule has 3 aromatic rings. The zero-order valence-corrected chi connectivity index (χ0v) is 17.3. The number of aryl methyl sites for hydroxylation is 1. The van der Waals surface area contributed by atoms with E-state index in [2.05, 4.69) is 42.4 Å². The Morgan fingerprint density at radius 3 is 2.64 bits per heavy atom. The fraction of sp³-hybridized carbons (Fsp3) is 0.312. The number of anilines is 1. The van der Waals surface area contributed by atoms with Crippen LogP contribution < -0.4 is 5.73 Å². The number of nitrogens with two attached hydrogens (primary N) is 1. The molecule has 2 N–H and O–H groups in total. The van der Waals surface area contributed by atoms with Crippen molar-refractivity contribution >= 4 is 67.9 Å². The third-order valence-electron chi connectivity index (χ3n) is 3.55. The van der Waals surface area contributed by atoms with Gasteiger partial charge in [-0.3, -0.25) is 0 Å². The predicted octanol–water partition coefficient (Wildman–Crippen LogP) is 5.43. The van der Waals surface area contributed by atoms with Crippen LogP contribution in [0.5, 0.6) is 0 Å². The lowest BCUT2D eigenvalue weighted by atomic mass is 10.2. The number of nitrogen functional groups attached to an aromatic ring is 1. The summed E-state index contributed by atoms with van der Waals surface area (Å²) in [5.74, 6) is 0.378. The molecule has 1 atom stereocenters. The summed E-state index contributed by atoms with van der Waals surface area (Å²) in [7, 11) is 0. The van der Waals surface area contributed by atoms with Crippen LogP contribution in [-0.2, 0) is 6.54 Å². The van der Waals surface area contributed by atoms with E-state index in [1.807, 2.05) is 12.1 Å². The highest BCUT2D eigenvalue weighted by molar-refractivity contribution is 9.09. The van der Waals surface area contributed by atoms with Gasteiger partial charge in [0.25, 0.3) is 0 Å². The normalized spacial score (nSPS) is 12.6. The van der Waals surface area contributed by atoms with Gasteiger partial charge in [-0.2, -0.15) is 0 Å². The molecular weight excluding hydrogens is 445 g/mol. The topological polar surface area (TPSA) is 69.6 Å². The molecule has 0 fully saturated rings. The number of hydrogen-bond acceptors (Lipinski definition) is 5. The molecular formula is C16H16BrCl2N5S. The zero-order valence-electron chi connectivity index (χ0n) is 13.4. The number of fused-ring (bicyclic) bond motifs is 1. The van der Waals surface area contributed by atoms with Crippen LogP contribution >= 0.6 is 50.9 Å². The first-order chi connectivity index (χ1) is 11.9. The fourth-order valence-corrected chi connectivity index (χ4v) is 4.42. The van der Waals surface area contributed by atoms with Crippen molar-refractivity contribution < 1.29 is 0 Å². The summed E-state index contributed by atoms with van der Waals surface area (Å²) in [6.45, 7) is 2.93. The molecule has 1 aromatic carbocycles. The molecule has 25 heavy (non-hydrogen) atoms. The van der Waals surface area contributed by atoms with Crippen LogP contribution in [0.4, 0.5) is 5.82 Å². The molecule has 0 radical (unpaired) electrons. The van der Waals surface area contributed by atoms with E-state index in [0.717, 1.165) is 35.1 Å². The maximum atomic E-state index is 6.11. The van der Waals surface area contributed by atoms with Gasteiger partial charge in [0, 0.05) is 26.3 Å². The number of nitrogens with zero attached hydrogens (tertiary/aromatic N) is 4. The van der Waals surface area contributed by atoms with Crippen molar-refractivity contribution in [2.24, 2.45) is 0 Å². The molecule has 0 saturated carbocycles. The largest absolute Gasteiger partial charge is 0.382 e. The first-order valence-corrected chi connectivity index (χ1v) is 10.2. The van der Waals surface area contributed by atoms with Crippen molar-refractivity contribution in [2.75, 3.05) is 5.73 Å². The summed E-state index contributed by atoms with van der Waals surface area (Å²) in [4.78, 5) is 14.4. The number of rotatable bonds is 6. The van der Waals surface area contributed by atoms with E-state index in [9.17, 15) is 0 Å². The van der Waals surface area contributed by atoms with Crippen LogP contribution in [0.15, 0.2) is 34.6 Å². The maximum absolute atomic E-state index is 6.11. The molecule has 1 unspecified atom stereocenters. The van der Waals surface area contributed by atoms with Gasteiger partial charge >= 0.3 is 0 Å². The molecule has 2 heterocycles. The number of aromatic nitrogens is 4. The Hall–Kier alpha value is -1.02. The van der Waals surface area contributed by atoms with Crippen LogP contribution in [0.25, 0.3) is 11.2 Å². The monoisotopic (exact) mass is 459 g/mol. The highest BCUT2D eigenvalue weighted by Gasteiger charge is 2.16. The molecule has 2 aromatic heterocycles. The van der Waals surface area contributed by atoms with Gasteiger partial charge in [0.1, 0.15) is 6.33 Å².